The van der Waals surface area contributed by atoms with Gasteiger partial charge in [0.25, 0.3) is 5.91 Å². The number of piperidine rings is 1. The second-order valence-electron chi connectivity index (χ2n) is 5.94. The van der Waals surface area contributed by atoms with Crippen LogP contribution in [0.2, 0.25) is 0 Å². The molecule has 8 heteroatoms. The minimum atomic E-state index is -3.46. The van der Waals surface area contributed by atoms with Crippen LogP contribution in [-0.2, 0) is 10.0 Å². The Kier molecular flexibility index (Phi) is 6.02. The first kappa shape index (κ1) is 18.2. The van der Waals surface area contributed by atoms with Crippen LogP contribution >= 0.6 is 12.4 Å². The molecule has 2 fully saturated rings. The molecule has 0 bridgehead atoms. The van der Waals surface area contributed by atoms with Gasteiger partial charge < -0.3 is 10.6 Å². The lowest BCUT2D eigenvalue weighted by Gasteiger charge is -2.23. The summed E-state index contributed by atoms with van der Waals surface area (Å²) in [5.74, 6) is -0.159. The molecule has 1 saturated heterocycles. The lowest BCUT2D eigenvalue weighted by atomic mass is 10.1. The monoisotopic (exact) mass is 359 g/mol. The van der Waals surface area contributed by atoms with Gasteiger partial charge in [-0.25, -0.2) is 13.1 Å². The molecule has 1 saturated carbocycles. The summed E-state index contributed by atoms with van der Waals surface area (Å²) in [7, 11) is -3.46. The molecule has 1 heterocycles. The number of benzene rings is 1. The largest absolute Gasteiger partial charge is 0.348 e. The minimum absolute atomic E-state index is 0. The number of hydrogen-bond acceptors (Lipinski definition) is 4. The average Bonchev–Trinajstić information content (AvgIpc) is 3.32. The van der Waals surface area contributed by atoms with Crippen molar-refractivity contribution in [2.45, 2.75) is 42.7 Å². The number of carbonyl (C=O) groups excluding carboxylic acids is 1. The number of carbonyl (C=O) groups is 1. The van der Waals surface area contributed by atoms with Gasteiger partial charge >= 0.3 is 0 Å². The second kappa shape index (κ2) is 7.61. The van der Waals surface area contributed by atoms with Gasteiger partial charge in [-0.2, -0.15) is 0 Å². The normalized spacial score (nSPS) is 21.3. The Hall–Kier alpha value is -1.15. The van der Waals surface area contributed by atoms with E-state index >= 15 is 0 Å². The molecule has 1 aromatic carbocycles. The van der Waals surface area contributed by atoms with E-state index in [9.17, 15) is 13.2 Å². The molecule has 3 rings (SSSR count). The SMILES string of the molecule is Cl.O=C(N[C@H]1CCCNC1)c1ccc(S(=O)(=O)NC2CC2)cc1. The van der Waals surface area contributed by atoms with E-state index in [2.05, 4.69) is 15.4 Å². The first-order chi connectivity index (χ1) is 10.5. The lowest BCUT2D eigenvalue weighted by Crippen LogP contribution is -2.45. The van der Waals surface area contributed by atoms with Gasteiger partial charge in [0.1, 0.15) is 0 Å². The Morgan fingerprint density at radius 3 is 2.35 bits per heavy atom. The van der Waals surface area contributed by atoms with Crippen LogP contribution in [0, 0.1) is 0 Å². The van der Waals surface area contributed by atoms with Gasteiger partial charge in [-0.1, -0.05) is 0 Å². The standard InChI is InChI=1S/C15H21N3O3S.ClH/c19-15(17-13-2-1-9-16-10-13)11-3-7-14(8-4-11)22(20,21)18-12-5-6-12;/h3-4,7-8,12-13,16,18H,1-2,5-6,9-10H2,(H,17,19);1H/t13-;/m0./s1. The Morgan fingerprint density at radius 2 is 1.78 bits per heavy atom. The summed E-state index contributed by atoms with van der Waals surface area (Å²) >= 11 is 0. The summed E-state index contributed by atoms with van der Waals surface area (Å²) in [6, 6.07) is 6.31. The zero-order valence-electron chi connectivity index (χ0n) is 12.7. The summed E-state index contributed by atoms with van der Waals surface area (Å²) < 4.78 is 26.7. The van der Waals surface area contributed by atoms with Crippen LogP contribution in [0.25, 0.3) is 0 Å². The summed E-state index contributed by atoms with van der Waals surface area (Å²) in [6.45, 7) is 1.77. The lowest BCUT2D eigenvalue weighted by molar-refractivity contribution is 0.0930. The maximum Gasteiger partial charge on any atom is 0.251 e. The highest BCUT2D eigenvalue weighted by Crippen LogP contribution is 2.22. The van der Waals surface area contributed by atoms with Crippen LogP contribution in [0.15, 0.2) is 29.2 Å². The Balaban J connectivity index is 0.00000192. The first-order valence-electron chi connectivity index (χ1n) is 7.68. The molecule has 0 unspecified atom stereocenters. The first-order valence-corrected chi connectivity index (χ1v) is 9.17. The van der Waals surface area contributed by atoms with Crippen molar-refractivity contribution in [3.05, 3.63) is 29.8 Å². The molecule has 128 valence electrons. The van der Waals surface area contributed by atoms with E-state index in [1.807, 2.05) is 0 Å². The van der Waals surface area contributed by atoms with E-state index in [1.54, 1.807) is 12.1 Å². The van der Waals surface area contributed by atoms with Crippen LogP contribution < -0.4 is 15.4 Å². The fourth-order valence-electron chi connectivity index (χ4n) is 2.52. The zero-order valence-corrected chi connectivity index (χ0v) is 14.4. The summed E-state index contributed by atoms with van der Waals surface area (Å²) in [4.78, 5) is 12.4. The van der Waals surface area contributed by atoms with Gasteiger partial charge in [-0.3, -0.25) is 4.79 Å². The third-order valence-corrected chi connectivity index (χ3v) is 5.49. The van der Waals surface area contributed by atoms with Crippen molar-refractivity contribution in [1.29, 1.82) is 0 Å². The van der Waals surface area contributed by atoms with Gasteiger partial charge in [0.2, 0.25) is 10.0 Å². The van der Waals surface area contributed by atoms with Gasteiger partial charge in [0, 0.05) is 24.2 Å². The number of rotatable bonds is 5. The van der Waals surface area contributed by atoms with Crippen molar-refractivity contribution in [1.82, 2.24) is 15.4 Å². The van der Waals surface area contributed by atoms with Crippen molar-refractivity contribution in [3.63, 3.8) is 0 Å². The maximum absolute atomic E-state index is 12.2. The third-order valence-electron chi connectivity index (χ3n) is 3.96. The smallest absolute Gasteiger partial charge is 0.251 e. The highest BCUT2D eigenvalue weighted by molar-refractivity contribution is 7.89. The Bertz CT molecular complexity index is 638. The molecule has 23 heavy (non-hydrogen) atoms. The molecule has 0 aromatic heterocycles. The minimum Gasteiger partial charge on any atom is -0.348 e. The Labute approximate surface area is 142 Å². The van der Waals surface area contributed by atoms with E-state index in [0.29, 0.717) is 5.56 Å². The van der Waals surface area contributed by atoms with Crippen molar-refractivity contribution >= 4 is 28.3 Å². The maximum atomic E-state index is 12.2. The van der Waals surface area contributed by atoms with Gasteiger partial charge in [-0.15, -0.1) is 12.4 Å². The van der Waals surface area contributed by atoms with Gasteiger partial charge in [-0.05, 0) is 56.5 Å². The van der Waals surface area contributed by atoms with Crippen LogP contribution in [0.3, 0.4) is 0 Å². The molecule has 3 N–H and O–H groups in total. The molecule has 1 atom stereocenters. The molecule has 0 radical (unpaired) electrons. The number of sulfonamides is 1. The molecule has 1 aliphatic carbocycles. The summed E-state index contributed by atoms with van der Waals surface area (Å²) in [6.07, 6.45) is 3.82. The predicted molar refractivity (Wildman–Crippen MR) is 90.4 cm³/mol. The average molecular weight is 360 g/mol. The predicted octanol–water partition coefficient (Wildman–Crippen LogP) is 1.03. The molecule has 1 aromatic rings. The van der Waals surface area contributed by atoms with Crippen LogP contribution in [-0.4, -0.2) is 39.5 Å². The number of hydrogen-bond donors (Lipinski definition) is 3. The molecular weight excluding hydrogens is 338 g/mol. The summed E-state index contributed by atoms with van der Waals surface area (Å²) in [5.41, 5.74) is 0.482. The van der Waals surface area contributed by atoms with E-state index in [1.165, 1.54) is 12.1 Å². The van der Waals surface area contributed by atoms with E-state index in [-0.39, 0.29) is 35.3 Å². The highest BCUT2D eigenvalue weighted by Gasteiger charge is 2.28. The van der Waals surface area contributed by atoms with Gasteiger partial charge in [0.05, 0.1) is 4.90 Å². The quantitative estimate of drug-likeness (QED) is 0.732. The van der Waals surface area contributed by atoms with E-state index in [0.717, 1.165) is 38.8 Å². The topological polar surface area (TPSA) is 87.3 Å². The molecule has 1 aliphatic heterocycles. The van der Waals surface area contributed by atoms with E-state index < -0.39 is 10.0 Å². The van der Waals surface area contributed by atoms with Crippen molar-refractivity contribution in [3.8, 4) is 0 Å². The van der Waals surface area contributed by atoms with Crippen LogP contribution in [0.4, 0.5) is 0 Å². The number of halogens is 1. The fourth-order valence-corrected chi connectivity index (χ4v) is 3.82. The molecular formula is C15H22ClN3O3S. The van der Waals surface area contributed by atoms with Crippen LogP contribution in [0.5, 0.6) is 0 Å². The van der Waals surface area contributed by atoms with Crippen molar-refractivity contribution in [2.24, 2.45) is 0 Å². The summed E-state index contributed by atoms with van der Waals surface area (Å²) in [5, 5.41) is 6.21. The number of nitrogens with one attached hydrogen (secondary N) is 3. The Morgan fingerprint density at radius 1 is 1.09 bits per heavy atom. The van der Waals surface area contributed by atoms with Crippen LogP contribution in [0.1, 0.15) is 36.0 Å². The van der Waals surface area contributed by atoms with Gasteiger partial charge in [0.15, 0.2) is 0 Å². The van der Waals surface area contributed by atoms with Crippen molar-refractivity contribution in [2.75, 3.05) is 13.1 Å². The molecule has 2 aliphatic rings. The number of amides is 1. The fraction of sp³-hybridized carbons (Fsp3) is 0.533. The molecule has 0 spiro atoms. The van der Waals surface area contributed by atoms with Crippen molar-refractivity contribution < 1.29 is 13.2 Å². The zero-order chi connectivity index (χ0) is 15.6. The highest BCUT2D eigenvalue weighted by atomic mass is 35.5. The van der Waals surface area contributed by atoms with E-state index in [4.69, 9.17) is 0 Å². The third kappa shape index (κ3) is 4.91. The molecule has 1 amide bonds. The second-order valence-corrected chi connectivity index (χ2v) is 7.65. The molecule has 6 nitrogen and oxygen atoms in total.